The fraction of sp³-hybridized carbons (Fsp3) is 0.235. The van der Waals surface area contributed by atoms with Crippen LogP contribution in [0.15, 0.2) is 48.5 Å². The molecule has 24 heavy (non-hydrogen) atoms. The molecule has 7 heteroatoms. The summed E-state index contributed by atoms with van der Waals surface area (Å²) < 4.78 is 25.5. The molecule has 0 fully saturated rings. The minimum atomic E-state index is -3.30. The van der Waals surface area contributed by atoms with Gasteiger partial charge in [0.15, 0.2) is 0 Å². The van der Waals surface area contributed by atoms with Crippen LogP contribution in [0.2, 0.25) is 0 Å². The van der Waals surface area contributed by atoms with E-state index in [1.807, 2.05) is 18.4 Å². The van der Waals surface area contributed by atoms with Crippen LogP contribution in [0.5, 0.6) is 0 Å². The first-order valence-electron chi connectivity index (χ1n) is 7.43. The predicted octanol–water partition coefficient (Wildman–Crippen LogP) is 3.56. The maximum absolute atomic E-state index is 12.2. The summed E-state index contributed by atoms with van der Waals surface area (Å²) in [7, 11) is -3.30. The number of hydrogen-bond donors (Lipinski definition) is 2. The van der Waals surface area contributed by atoms with Crippen molar-refractivity contribution in [1.29, 1.82) is 0 Å². The van der Waals surface area contributed by atoms with Gasteiger partial charge in [-0.05, 0) is 55.1 Å². The van der Waals surface area contributed by atoms with E-state index in [9.17, 15) is 13.2 Å². The van der Waals surface area contributed by atoms with Gasteiger partial charge in [-0.25, -0.2) is 8.42 Å². The van der Waals surface area contributed by atoms with Crippen LogP contribution >= 0.6 is 11.8 Å². The summed E-state index contributed by atoms with van der Waals surface area (Å²) in [6.07, 6.45) is 2.03. The van der Waals surface area contributed by atoms with Crippen LogP contribution < -0.4 is 10.0 Å². The molecule has 0 atom stereocenters. The zero-order chi connectivity index (χ0) is 17.6. The quantitative estimate of drug-likeness (QED) is 0.788. The summed E-state index contributed by atoms with van der Waals surface area (Å²) in [6, 6.07) is 14.0. The van der Waals surface area contributed by atoms with E-state index < -0.39 is 10.0 Å². The number of nitrogens with one attached hydrogen (secondary N) is 2. The summed E-state index contributed by atoms with van der Waals surface area (Å²) in [5, 5.41) is 2.79. The molecule has 0 saturated heterocycles. The number of thioether (sulfide) groups is 1. The van der Waals surface area contributed by atoms with Crippen molar-refractivity contribution in [3.8, 4) is 0 Å². The van der Waals surface area contributed by atoms with Crippen LogP contribution in [0.3, 0.4) is 0 Å². The Hall–Kier alpha value is -1.99. The van der Waals surface area contributed by atoms with Crippen LogP contribution in [-0.4, -0.2) is 26.3 Å². The number of carbonyl (C=O) groups is 1. The summed E-state index contributed by atoms with van der Waals surface area (Å²) in [5.74, 6) is 0.724. The molecule has 2 aromatic carbocycles. The highest BCUT2D eigenvalue weighted by atomic mass is 32.2. The third-order valence-electron chi connectivity index (χ3n) is 3.32. The molecule has 2 aromatic rings. The Bertz CT molecular complexity index is 786. The Morgan fingerprint density at radius 3 is 2.12 bits per heavy atom. The molecule has 0 aliphatic rings. The SMILES string of the molecule is CCS(=O)(=O)Nc1ccc(NC(=O)c2ccc(CSC)cc2)cc1. The van der Waals surface area contributed by atoms with E-state index in [0.29, 0.717) is 16.9 Å². The van der Waals surface area contributed by atoms with Gasteiger partial charge in [0.1, 0.15) is 0 Å². The van der Waals surface area contributed by atoms with Crippen LogP contribution in [0.4, 0.5) is 11.4 Å². The molecule has 0 aliphatic carbocycles. The highest BCUT2D eigenvalue weighted by Crippen LogP contribution is 2.16. The van der Waals surface area contributed by atoms with Gasteiger partial charge in [-0.3, -0.25) is 9.52 Å². The minimum absolute atomic E-state index is 0.0119. The molecule has 2 rings (SSSR count). The van der Waals surface area contributed by atoms with Crippen LogP contribution in [0, 0.1) is 0 Å². The van der Waals surface area contributed by atoms with Crippen molar-refractivity contribution >= 4 is 39.1 Å². The summed E-state index contributed by atoms with van der Waals surface area (Å²) in [5.41, 5.74) is 2.83. The monoisotopic (exact) mass is 364 g/mol. The maximum Gasteiger partial charge on any atom is 0.255 e. The van der Waals surface area contributed by atoms with Gasteiger partial charge in [0.25, 0.3) is 5.91 Å². The van der Waals surface area contributed by atoms with Crippen molar-refractivity contribution < 1.29 is 13.2 Å². The van der Waals surface area contributed by atoms with Crippen molar-refractivity contribution in [1.82, 2.24) is 0 Å². The molecular weight excluding hydrogens is 344 g/mol. The molecule has 0 bridgehead atoms. The second-order valence-corrected chi connectivity index (χ2v) is 8.04. The Kier molecular flexibility index (Phi) is 6.28. The van der Waals surface area contributed by atoms with E-state index in [0.717, 1.165) is 5.75 Å². The van der Waals surface area contributed by atoms with Gasteiger partial charge in [0.2, 0.25) is 10.0 Å². The second kappa shape index (κ2) is 8.21. The van der Waals surface area contributed by atoms with Crippen LogP contribution in [0.1, 0.15) is 22.8 Å². The zero-order valence-corrected chi connectivity index (χ0v) is 15.2. The van der Waals surface area contributed by atoms with Crippen molar-refractivity contribution in [2.45, 2.75) is 12.7 Å². The van der Waals surface area contributed by atoms with E-state index in [-0.39, 0.29) is 11.7 Å². The Labute approximate surface area is 146 Å². The Balaban J connectivity index is 2.01. The van der Waals surface area contributed by atoms with E-state index in [1.165, 1.54) is 5.56 Å². The average Bonchev–Trinajstić information content (AvgIpc) is 2.57. The predicted molar refractivity (Wildman–Crippen MR) is 101 cm³/mol. The molecule has 0 saturated carbocycles. The zero-order valence-electron chi connectivity index (χ0n) is 13.6. The number of sulfonamides is 1. The number of carbonyl (C=O) groups excluding carboxylic acids is 1. The first kappa shape index (κ1) is 18.4. The topological polar surface area (TPSA) is 75.3 Å². The fourth-order valence-corrected chi connectivity index (χ4v) is 3.16. The molecule has 0 heterocycles. The summed E-state index contributed by atoms with van der Waals surface area (Å²) >= 11 is 1.73. The third kappa shape index (κ3) is 5.28. The number of benzene rings is 2. The van der Waals surface area contributed by atoms with Crippen molar-refractivity contribution in [3.63, 3.8) is 0 Å². The summed E-state index contributed by atoms with van der Waals surface area (Å²) in [4.78, 5) is 12.2. The molecule has 2 N–H and O–H groups in total. The van der Waals surface area contributed by atoms with Crippen molar-refractivity contribution in [2.24, 2.45) is 0 Å². The van der Waals surface area contributed by atoms with Gasteiger partial charge in [-0.2, -0.15) is 11.8 Å². The van der Waals surface area contributed by atoms with E-state index in [2.05, 4.69) is 10.0 Å². The lowest BCUT2D eigenvalue weighted by atomic mass is 10.1. The van der Waals surface area contributed by atoms with Crippen molar-refractivity contribution in [3.05, 3.63) is 59.7 Å². The van der Waals surface area contributed by atoms with Gasteiger partial charge in [0, 0.05) is 22.7 Å². The highest BCUT2D eigenvalue weighted by molar-refractivity contribution is 7.97. The average molecular weight is 364 g/mol. The number of amides is 1. The van der Waals surface area contributed by atoms with E-state index in [1.54, 1.807) is 55.1 Å². The van der Waals surface area contributed by atoms with E-state index in [4.69, 9.17) is 0 Å². The summed E-state index contributed by atoms with van der Waals surface area (Å²) in [6.45, 7) is 1.57. The molecule has 128 valence electrons. The third-order valence-corrected chi connectivity index (χ3v) is 5.25. The van der Waals surface area contributed by atoms with Gasteiger partial charge < -0.3 is 5.32 Å². The van der Waals surface area contributed by atoms with Gasteiger partial charge >= 0.3 is 0 Å². The molecule has 0 spiro atoms. The first-order chi connectivity index (χ1) is 11.4. The molecule has 0 aliphatic heterocycles. The molecular formula is C17H20N2O3S2. The number of rotatable bonds is 7. The molecule has 1 amide bonds. The van der Waals surface area contributed by atoms with Gasteiger partial charge in [-0.1, -0.05) is 12.1 Å². The maximum atomic E-state index is 12.2. The normalized spacial score (nSPS) is 11.1. The fourth-order valence-electron chi connectivity index (χ4n) is 2.00. The lowest BCUT2D eigenvalue weighted by Crippen LogP contribution is -2.15. The van der Waals surface area contributed by atoms with Gasteiger partial charge in [-0.15, -0.1) is 0 Å². The molecule has 5 nitrogen and oxygen atoms in total. The molecule has 0 unspecified atom stereocenters. The number of anilines is 2. The van der Waals surface area contributed by atoms with Crippen LogP contribution in [-0.2, 0) is 15.8 Å². The molecule has 0 radical (unpaired) electrons. The lowest BCUT2D eigenvalue weighted by molar-refractivity contribution is 0.102. The minimum Gasteiger partial charge on any atom is -0.322 e. The second-order valence-electron chi connectivity index (χ2n) is 5.17. The smallest absolute Gasteiger partial charge is 0.255 e. The standard InChI is InChI=1S/C17H20N2O3S2/c1-3-24(21,22)19-16-10-8-15(9-11-16)18-17(20)14-6-4-13(5-7-14)12-23-2/h4-11,19H,3,12H2,1-2H3,(H,18,20). The van der Waals surface area contributed by atoms with Crippen LogP contribution in [0.25, 0.3) is 0 Å². The Morgan fingerprint density at radius 1 is 1.00 bits per heavy atom. The Morgan fingerprint density at radius 2 is 1.58 bits per heavy atom. The molecule has 0 aromatic heterocycles. The highest BCUT2D eigenvalue weighted by Gasteiger charge is 2.08. The first-order valence-corrected chi connectivity index (χ1v) is 10.5. The lowest BCUT2D eigenvalue weighted by Gasteiger charge is -2.09. The van der Waals surface area contributed by atoms with E-state index >= 15 is 0 Å². The van der Waals surface area contributed by atoms with Crippen molar-refractivity contribution in [2.75, 3.05) is 22.0 Å². The number of hydrogen-bond acceptors (Lipinski definition) is 4. The largest absolute Gasteiger partial charge is 0.322 e. The van der Waals surface area contributed by atoms with Gasteiger partial charge in [0.05, 0.1) is 5.75 Å².